The number of hydrogen-bond acceptors (Lipinski definition) is 1. The first-order valence-electron chi connectivity index (χ1n) is 4.45. The van der Waals surface area contributed by atoms with Crippen molar-refractivity contribution >= 4 is 35.2 Å². The third kappa shape index (κ3) is 4.36. The Balaban J connectivity index is 2.63. The predicted molar refractivity (Wildman–Crippen MR) is 64.2 cm³/mol. The number of carbonyl (C=O) groups excluding carboxylic acids is 1. The van der Waals surface area contributed by atoms with Gasteiger partial charge in [-0.15, -0.1) is 0 Å². The van der Waals surface area contributed by atoms with Crippen molar-refractivity contribution in [3.8, 4) is 0 Å². The molecule has 0 saturated heterocycles. The van der Waals surface area contributed by atoms with Gasteiger partial charge >= 0.3 is 0 Å². The molecule has 0 bridgehead atoms. The molecule has 1 amide bonds. The second kappa shape index (κ2) is 5.79. The number of carbonyl (C=O) groups is 1. The number of rotatable bonds is 3. The molecule has 0 aliphatic rings. The fourth-order valence-electron chi connectivity index (χ4n) is 1.03. The van der Waals surface area contributed by atoms with E-state index in [4.69, 9.17) is 23.2 Å². The van der Waals surface area contributed by atoms with E-state index in [1.807, 2.05) is 12.2 Å². The average molecular weight is 244 g/mol. The lowest BCUT2D eigenvalue weighted by Gasteiger charge is -1.99. The van der Waals surface area contributed by atoms with Crippen LogP contribution in [0.25, 0.3) is 6.08 Å². The Morgan fingerprint density at radius 2 is 2.20 bits per heavy atom. The molecule has 0 fully saturated rings. The van der Waals surface area contributed by atoms with Crippen LogP contribution < -0.4 is 5.32 Å². The minimum Gasteiger partial charge on any atom is -0.353 e. The molecule has 80 valence electrons. The first-order chi connectivity index (χ1) is 7.09. The van der Waals surface area contributed by atoms with Gasteiger partial charge in [0, 0.05) is 23.5 Å². The predicted octanol–water partition coefficient (Wildman–Crippen LogP) is 3.14. The molecule has 0 aromatic heterocycles. The topological polar surface area (TPSA) is 29.1 Å². The van der Waals surface area contributed by atoms with Crippen LogP contribution in [0, 0.1) is 0 Å². The van der Waals surface area contributed by atoms with E-state index in [-0.39, 0.29) is 5.91 Å². The van der Waals surface area contributed by atoms with Gasteiger partial charge in [0.05, 0.1) is 0 Å². The summed E-state index contributed by atoms with van der Waals surface area (Å²) in [6.07, 6.45) is 3.64. The highest BCUT2D eigenvalue weighted by Crippen LogP contribution is 2.21. The van der Waals surface area contributed by atoms with Gasteiger partial charge in [-0.2, -0.15) is 0 Å². The number of amides is 1. The Kier molecular flexibility index (Phi) is 4.66. The van der Waals surface area contributed by atoms with Gasteiger partial charge in [-0.05, 0) is 23.8 Å². The van der Waals surface area contributed by atoms with Crippen LogP contribution in [-0.4, -0.2) is 12.5 Å². The van der Waals surface area contributed by atoms with Gasteiger partial charge in [-0.3, -0.25) is 4.79 Å². The maximum absolute atomic E-state index is 10.6. The average Bonchev–Trinajstić information content (AvgIpc) is 2.17. The van der Waals surface area contributed by atoms with Crippen molar-refractivity contribution < 1.29 is 4.79 Å². The summed E-state index contributed by atoms with van der Waals surface area (Å²) in [5.74, 6) is -0.0585. The van der Waals surface area contributed by atoms with Crippen LogP contribution >= 0.6 is 23.2 Å². The van der Waals surface area contributed by atoms with Crippen LogP contribution in [0.15, 0.2) is 24.3 Å². The molecule has 1 rings (SSSR count). The Morgan fingerprint density at radius 3 is 2.87 bits per heavy atom. The van der Waals surface area contributed by atoms with Gasteiger partial charge in [-0.25, -0.2) is 0 Å². The SMILES string of the molecule is CC(=O)NCC=Cc1cc(Cl)ccc1Cl. The van der Waals surface area contributed by atoms with E-state index in [0.717, 1.165) is 5.56 Å². The standard InChI is InChI=1S/C11H11Cl2NO/c1-8(15)14-6-2-3-9-7-10(12)4-5-11(9)13/h2-5,7H,6H2,1H3,(H,14,15). The summed E-state index contributed by atoms with van der Waals surface area (Å²) < 4.78 is 0. The molecule has 0 radical (unpaired) electrons. The van der Waals surface area contributed by atoms with Crippen molar-refractivity contribution in [2.24, 2.45) is 0 Å². The van der Waals surface area contributed by atoms with Crippen LogP contribution in [-0.2, 0) is 4.79 Å². The van der Waals surface area contributed by atoms with Crippen molar-refractivity contribution in [1.29, 1.82) is 0 Å². The zero-order valence-corrected chi connectivity index (χ0v) is 9.77. The number of nitrogens with one attached hydrogen (secondary N) is 1. The molecule has 0 heterocycles. The molecule has 15 heavy (non-hydrogen) atoms. The van der Waals surface area contributed by atoms with Crippen molar-refractivity contribution in [1.82, 2.24) is 5.32 Å². The molecule has 0 spiro atoms. The minimum atomic E-state index is -0.0585. The molecule has 1 aromatic carbocycles. The van der Waals surface area contributed by atoms with Crippen LogP contribution in [0.4, 0.5) is 0 Å². The first kappa shape index (κ1) is 12.1. The molecule has 0 atom stereocenters. The molecule has 0 aliphatic heterocycles. The maximum Gasteiger partial charge on any atom is 0.217 e. The fraction of sp³-hybridized carbons (Fsp3) is 0.182. The summed E-state index contributed by atoms with van der Waals surface area (Å²) in [4.78, 5) is 10.6. The molecule has 0 saturated carbocycles. The summed E-state index contributed by atoms with van der Waals surface area (Å²) in [5.41, 5.74) is 0.842. The Hall–Kier alpha value is -0.990. The highest BCUT2D eigenvalue weighted by atomic mass is 35.5. The summed E-state index contributed by atoms with van der Waals surface area (Å²) in [6.45, 7) is 1.96. The van der Waals surface area contributed by atoms with Crippen LogP contribution in [0.1, 0.15) is 12.5 Å². The van der Waals surface area contributed by atoms with Gasteiger partial charge in [-0.1, -0.05) is 35.4 Å². The highest BCUT2D eigenvalue weighted by Gasteiger charge is 1.96. The van der Waals surface area contributed by atoms with E-state index >= 15 is 0 Å². The third-order valence-corrected chi connectivity index (χ3v) is 2.30. The Morgan fingerprint density at radius 1 is 1.47 bits per heavy atom. The van der Waals surface area contributed by atoms with E-state index in [2.05, 4.69) is 5.32 Å². The number of halogens is 2. The van der Waals surface area contributed by atoms with Gasteiger partial charge < -0.3 is 5.32 Å². The summed E-state index contributed by atoms with van der Waals surface area (Å²) in [5, 5.41) is 3.92. The third-order valence-electron chi connectivity index (χ3n) is 1.72. The van der Waals surface area contributed by atoms with Gasteiger partial charge in [0.1, 0.15) is 0 Å². The smallest absolute Gasteiger partial charge is 0.217 e. The van der Waals surface area contributed by atoms with E-state index in [1.54, 1.807) is 18.2 Å². The lowest BCUT2D eigenvalue weighted by molar-refractivity contribution is -0.118. The zero-order chi connectivity index (χ0) is 11.3. The largest absolute Gasteiger partial charge is 0.353 e. The fourth-order valence-corrected chi connectivity index (χ4v) is 1.39. The molecule has 1 N–H and O–H groups in total. The number of hydrogen-bond donors (Lipinski definition) is 1. The van der Waals surface area contributed by atoms with Crippen LogP contribution in [0.2, 0.25) is 10.0 Å². The van der Waals surface area contributed by atoms with Crippen LogP contribution in [0.5, 0.6) is 0 Å². The van der Waals surface area contributed by atoms with Crippen molar-refractivity contribution in [3.63, 3.8) is 0 Å². The lowest BCUT2D eigenvalue weighted by Crippen LogP contribution is -2.19. The molecular formula is C11H11Cl2NO. The van der Waals surface area contributed by atoms with E-state index in [0.29, 0.717) is 16.6 Å². The van der Waals surface area contributed by atoms with Crippen molar-refractivity contribution in [3.05, 3.63) is 39.9 Å². The van der Waals surface area contributed by atoms with Gasteiger partial charge in [0.15, 0.2) is 0 Å². The van der Waals surface area contributed by atoms with Gasteiger partial charge in [0.25, 0.3) is 0 Å². The second-order valence-electron chi connectivity index (χ2n) is 3.01. The summed E-state index contributed by atoms with van der Waals surface area (Å²) >= 11 is 11.8. The van der Waals surface area contributed by atoms with E-state index in [9.17, 15) is 4.79 Å². The molecule has 0 aliphatic carbocycles. The number of benzene rings is 1. The van der Waals surface area contributed by atoms with Crippen molar-refractivity contribution in [2.45, 2.75) is 6.92 Å². The molecule has 1 aromatic rings. The molecule has 4 heteroatoms. The molecular weight excluding hydrogens is 233 g/mol. The van der Waals surface area contributed by atoms with Crippen molar-refractivity contribution in [2.75, 3.05) is 6.54 Å². The summed E-state index contributed by atoms with van der Waals surface area (Å²) in [7, 11) is 0. The lowest BCUT2D eigenvalue weighted by atomic mass is 10.2. The Bertz CT molecular complexity index is 388. The van der Waals surface area contributed by atoms with Gasteiger partial charge in [0.2, 0.25) is 5.91 Å². The van der Waals surface area contributed by atoms with E-state index < -0.39 is 0 Å². The second-order valence-corrected chi connectivity index (χ2v) is 3.85. The van der Waals surface area contributed by atoms with E-state index in [1.165, 1.54) is 6.92 Å². The summed E-state index contributed by atoms with van der Waals surface area (Å²) in [6, 6.07) is 5.24. The molecule has 2 nitrogen and oxygen atoms in total. The highest BCUT2D eigenvalue weighted by molar-refractivity contribution is 6.34. The Labute approximate surface area is 98.9 Å². The zero-order valence-electron chi connectivity index (χ0n) is 8.26. The molecule has 0 unspecified atom stereocenters. The first-order valence-corrected chi connectivity index (χ1v) is 5.21. The quantitative estimate of drug-likeness (QED) is 0.869. The monoisotopic (exact) mass is 243 g/mol. The normalized spacial score (nSPS) is 10.6. The maximum atomic E-state index is 10.6. The minimum absolute atomic E-state index is 0.0585. The van der Waals surface area contributed by atoms with Crippen LogP contribution in [0.3, 0.4) is 0 Å².